The van der Waals surface area contributed by atoms with Crippen molar-refractivity contribution in [3.8, 4) is 0 Å². The number of hydrogen-bond acceptors (Lipinski definition) is 5. The number of furan rings is 1. The Morgan fingerprint density at radius 3 is 2.79 bits per heavy atom. The van der Waals surface area contributed by atoms with Gasteiger partial charge in [0.1, 0.15) is 0 Å². The van der Waals surface area contributed by atoms with Crippen molar-refractivity contribution in [3.05, 3.63) is 23.7 Å². The highest BCUT2D eigenvalue weighted by molar-refractivity contribution is 5.87. The third kappa shape index (κ3) is 5.04. The lowest BCUT2D eigenvalue weighted by Crippen LogP contribution is -2.30. The second-order valence-corrected chi connectivity index (χ2v) is 5.28. The van der Waals surface area contributed by atoms with E-state index < -0.39 is 5.97 Å². The van der Waals surface area contributed by atoms with Gasteiger partial charge in [0.15, 0.2) is 0 Å². The predicted molar refractivity (Wildman–Crippen MR) is 72.0 cm³/mol. The molecule has 0 saturated heterocycles. The molecule has 0 radical (unpaired) electrons. The van der Waals surface area contributed by atoms with Crippen LogP contribution in [0.2, 0.25) is 0 Å². The monoisotopic (exact) mass is 269 g/mol. The number of hydrogen-bond donors (Lipinski definition) is 1. The molecule has 19 heavy (non-hydrogen) atoms. The number of methoxy groups -OCH3 is 2. The molecule has 1 aromatic heterocycles. The Bertz CT molecular complexity index is 398. The fraction of sp³-hybridized carbons (Fsp3) is 0.643. The summed E-state index contributed by atoms with van der Waals surface area (Å²) in [5.74, 6) is -0.176. The highest BCUT2D eigenvalue weighted by atomic mass is 16.5. The van der Waals surface area contributed by atoms with Crippen molar-refractivity contribution < 1.29 is 18.7 Å². The Labute approximate surface area is 114 Å². The van der Waals surface area contributed by atoms with E-state index in [1.54, 1.807) is 13.2 Å². The van der Waals surface area contributed by atoms with Crippen LogP contribution in [0.15, 0.2) is 16.7 Å². The second kappa shape index (κ2) is 7.31. The Morgan fingerprint density at radius 1 is 1.42 bits per heavy atom. The summed E-state index contributed by atoms with van der Waals surface area (Å²) < 4.78 is 14.9. The quantitative estimate of drug-likeness (QED) is 0.733. The number of carbonyl (C=O) groups is 1. The predicted octanol–water partition coefficient (Wildman–Crippen LogP) is 2.22. The summed E-state index contributed by atoms with van der Waals surface area (Å²) in [5.41, 5.74) is 0.958. The summed E-state index contributed by atoms with van der Waals surface area (Å²) in [6.45, 7) is 6.51. The number of ether oxygens (including phenoxy) is 2. The molecule has 5 nitrogen and oxygen atoms in total. The number of esters is 1. The maximum atomic E-state index is 11.4. The van der Waals surface area contributed by atoms with Crippen LogP contribution in [-0.4, -0.2) is 33.3 Å². The van der Waals surface area contributed by atoms with E-state index in [4.69, 9.17) is 9.15 Å². The molecule has 1 heterocycles. The largest absolute Gasteiger partial charge is 0.463 e. The fourth-order valence-corrected chi connectivity index (χ4v) is 1.75. The molecule has 0 atom stereocenters. The van der Waals surface area contributed by atoms with E-state index in [1.165, 1.54) is 13.4 Å². The van der Waals surface area contributed by atoms with Crippen molar-refractivity contribution in [3.63, 3.8) is 0 Å². The van der Waals surface area contributed by atoms with E-state index in [-0.39, 0.29) is 11.2 Å². The normalized spacial score (nSPS) is 11.6. The van der Waals surface area contributed by atoms with Crippen LogP contribution in [0.4, 0.5) is 0 Å². The number of carbonyl (C=O) groups excluding carboxylic acids is 1. The standard InChI is InChI=1S/C14H23NO4/c1-14(2,6-8-17-3)10-15-9-11-5-7-19-12(11)13(16)18-4/h5,7,15H,6,8-10H2,1-4H3. The first kappa shape index (κ1) is 15.7. The van der Waals surface area contributed by atoms with Gasteiger partial charge < -0.3 is 19.2 Å². The van der Waals surface area contributed by atoms with Crippen molar-refractivity contribution >= 4 is 5.97 Å². The molecule has 0 aliphatic carbocycles. The van der Waals surface area contributed by atoms with E-state index in [9.17, 15) is 4.79 Å². The van der Waals surface area contributed by atoms with Crippen LogP contribution in [0, 0.1) is 5.41 Å². The highest BCUT2D eigenvalue weighted by Gasteiger charge is 2.19. The molecule has 0 fully saturated rings. The fourth-order valence-electron chi connectivity index (χ4n) is 1.75. The highest BCUT2D eigenvalue weighted by Crippen LogP contribution is 2.19. The van der Waals surface area contributed by atoms with Gasteiger partial charge in [-0.1, -0.05) is 13.8 Å². The lowest BCUT2D eigenvalue weighted by atomic mass is 9.89. The lowest BCUT2D eigenvalue weighted by Gasteiger charge is -2.24. The minimum absolute atomic E-state index is 0.144. The molecule has 5 heteroatoms. The van der Waals surface area contributed by atoms with Gasteiger partial charge in [0, 0.05) is 32.4 Å². The molecule has 0 saturated carbocycles. The van der Waals surface area contributed by atoms with Crippen LogP contribution in [-0.2, 0) is 16.0 Å². The first-order chi connectivity index (χ1) is 9.00. The molecule has 0 aliphatic rings. The van der Waals surface area contributed by atoms with Crippen LogP contribution in [0.25, 0.3) is 0 Å². The summed E-state index contributed by atoms with van der Waals surface area (Å²) in [6, 6.07) is 1.78. The van der Waals surface area contributed by atoms with Gasteiger partial charge in [0.2, 0.25) is 5.76 Å². The molecule has 1 aromatic rings. The minimum Gasteiger partial charge on any atom is -0.463 e. The molecule has 108 valence electrons. The molecule has 0 bridgehead atoms. The average Bonchev–Trinajstić information content (AvgIpc) is 2.83. The third-order valence-electron chi connectivity index (χ3n) is 3.02. The molecular formula is C14H23NO4. The van der Waals surface area contributed by atoms with E-state index in [0.717, 1.165) is 25.1 Å². The van der Waals surface area contributed by atoms with Gasteiger partial charge in [-0.15, -0.1) is 0 Å². The number of nitrogens with one attached hydrogen (secondary N) is 1. The Hall–Kier alpha value is -1.33. The second-order valence-electron chi connectivity index (χ2n) is 5.28. The maximum absolute atomic E-state index is 11.4. The Balaban J connectivity index is 2.45. The summed E-state index contributed by atoms with van der Waals surface area (Å²) in [6.07, 6.45) is 2.48. The number of rotatable bonds is 8. The van der Waals surface area contributed by atoms with Crippen molar-refractivity contribution in [2.75, 3.05) is 27.4 Å². The summed E-state index contributed by atoms with van der Waals surface area (Å²) in [7, 11) is 3.05. The third-order valence-corrected chi connectivity index (χ3v) is 3.02. The van der Waals surface area contributed by atoms with E-state index >= 15 is 0 Å². The summed E-state index contributed by atoms with van der Waals surface area (Å²) >= 11 is 0. The van der Waals surface area contributed by atoms with Gasteiger partial charge in [-0.25, -0.2) is 4.79 Å². The molecule has 1 rings (SSSR count). The molecular weight excluding hydrogens is 246 g/mol. The van der Waals surface area contributed by atoms with Crippen LogP contribution in [0.5, 0.6) is 0 Å². The van der Waals surface area contributed by atoms with E-state index in [1.807, 2.05) is 0 Å². The lowest BCUT2D eigenvalue weighted by molar-refractivity contribution is 0.0563. The Kier molecular flexibility index (Phi) is 6.05. The molecule has 0 aromatic carbocycles. The average molecular weight is 269 g/mol. The van der Waals surface area contributed by atoms with E-state index in [0.29, 0.717) is 6.54 Å². The van der Waals surface area contributed by atoms with Crippen LogP contribution >= 0.6 is 0 Å². The molecule has 0 amide bonds. The summed E-state index contributed by atoms with van der Waals surface area (Å²) in [4.78, 5) is 11.4. The smallest absolute Gasteiger partial charge is 0.374 e. The molecule has 0 spiro atoms. The van der Waals surface area contributed by atoms with Gasteiger partial charge >= 0.3 is 5.97 Å². The van der Waals surface area contributed by atoms with Crippen molar-refractivity contribution in [1.29, 1.82) is 0 Å². The Morgan fingerprint density at radius 2 is 2.16 bits per heavy atom. The van der Waals surface area contributed by atoms with Gasteiger partial charge in [0.25, 0.3) is 0 Å². The topological polar surface area (TPSA) is 60.7 Å². The summed E-state index contributed by atoms with van der Waals surface area (Å²) in [5, 5.41) is 3.33. The maximum Gasteiger partial charge on any atom is 0.374 e. The van der Waals surface area contributed by atoms with Gasteiger partial charge in [-0.05, 0) is 17.9 Å². The van der Waals surface area contributed by atoms with E-state index in [2.05, 4.69) is 23.9 Å². The van der Waals surface area contributed by atoms with Crippen molar-refractivity contribution in [1.82, 2.24) is 5.32 Å². The van der Waals surface area contributed by atoms with Crippen LogP contribution in [0.1, 0.15) is 36.4 Å². The molecule has 0 aliphatic heterocycles. The van der Waals surface area contributed by atoms with Crippen LogP contribution < -0.4 is 5.32 Å². The van der Waals surface area contributed by atoms with Crippen molar-refractivity contribution in [2.24, 2.45) is 5.41 Å². The van der Waals surface area contributed by atoms with Crippen molar-refractivity contribution in [2.45, 2.75) is 26.8 Å². The zero-order chi connectivity index (χ0) is 14.3. The molecule has 1 N–H and O–H groups in total. The first-order valence-corrected chi connectivity index (χ1v) is 6.34. The first-order valence-electron chi connectivity index (χ1n) is 6.34. The SMILES string of the molecule is COCCC(C)(C)CNCc1ccoc1C(=O)OC. The van der Waals surface area contributed by atoms with Gasteiger partial charge in [0.05, 0.1) is 13.4 Å². The van der Waals surface area contributed by atoms with Gasteiger partial charge in [-0.3, -0.25) is 0 Å². The van der Waals surface area contributed by atoms with Crippen LogP contribution in [0.3, 0.4) is 0 Å². The zero-order valence-corrected chi connectivity index (χ0v) is 12.1. The molecule has 0 unspecified atom stereocenters. The minimum atomic E-state index is -0.444. The zero-order valence-electron chi connectivity index (χ0n) is 12.1. The van der Waals surface area contributed by atoms with Gasteiger partial charge in [-0.2, -0.15) is 0 Å².